The minimum absolute atomic E-state index is 0.0783. The van der Waals surface area contributed by atoms with Crippen LogP contribution in [0.3, 0.4) is 0 Å². The molecular formula is C22H25N3O2. The van der Waals surface area contributed by atoms with E-state index in [-0.39, 0.29) is 17.7 Å². The van der Waals surface area contributed by atoms with Crippen molar-refractivity contribution in [1.29, 1.82) is 0 Å². The third-order valence-corrected chi connectivity index (χ3v) is 4.85. The molecule has 2 amide bonds. The average molecular weight is 363 g/mol. The van der Waals surface area contributed by atoms with E-state index in [1.807, 2.05) is 31.2 Å². The molecule has 0 bridgehead atoms. The summed E-state index contributed by atoms with van der Waals surface area (Å²) in [6.45, 7) is 2.02. The number of amides is 2. The van der Waals surface area contributed by atoms with Crippen LogP contribution in [0, 0.1) is 12.8 Å². The number of aryl methyl sites for hydroxylation is 1. The molecule has 0 aliphatic heterocycles. The summed E-state index contributed by atoms with van der Waals surface area (Å²) in [4.78, 5) is 24.4. The van der Waals surface area contributed by atoms with Gasteiger partial charge >= 0.3 is 0 Å². The van der Waals surface area contributed by atoms with Crippen molar-refractivity contribution >= 4 is 23.7 Å². The van der Waals surface area contributed by atoms with Gasteiger partial charge in [-0.25, -0.2) is 5.43 Å². The van der Waals surface area contributed by atoms with Gasteiger partial charge in [0.05, 0.1) is 6.21 Å². The molecule has 1 saturated carbocycles. The van der Waals surface area contributed by atoms with Crippen molar-refractivity contribution in [3.8, 4) is 0 Å². The van der Waals surface area contributed by atoms with Crippen molar-refractivity contribution in [2.24, 2.45) is 11.0 Å². The molecule has 1 aliphatic carbocycles. The highest BCUT2D eigenvalue weighted by molar-refractivity contribution is 5.96. The maximum absolute atomic E-state index is 12.3. The second-order valence-corrected chi connectivity index (χ2v) is 7.01. The van der Waals surface area contributed by atoms with Crippen LogP contribution >= 0.6 is 0 Å². The number of carbonyl (C=O) groups is 2. The zero-order valence-corrected chi connectivity index (χ0v) is 15.6. The molecule has 27 heavy (non-hydrogen) atoms. The van der Waals surface area contributed by atoms with Crippen molar-refractivity contribution in [1.82, 2.24) is 5.43 Å². The van der Waals surface area contributed by atoms with E-state index in [9.17, 15) is 9.59 Å². The van der Waals surface area contributed by atoms with Gasteiger partial charge < -0.3 is 5.32 Å². The van der Waals surface area contributed by atoms with E-state index in [1.165, 1.54) is 12.0 Å². The molecule has 2 aromatic carbocycles. The predicted octanol–water partition coefficient (Wildman–Crippen LogP) is 4.28. The van der Waals surface area contributed by atoms with Crippen molar-refractivity contribution < 1.29 is 9.59 Å². The molecule has 1 aliphatic rings. The normalized spacial score (nSPS) is 14.9. The Morgan fingerprint density at radius 2 is 1.63 bits per heavy atom. The lowest BCUT2D eigenvalue weighted by Crippen LogP contribution is -2.24. The minimum atomic E-state index is -0.288. The summed E-state index contributed by atoms with van der Waals surface area (Å²) in [7, 11) is 0. The van der Waals surface area contributed by atoms with Crippen LogP contribution < -0.4 is 10.7 Å². The highest BCUT2D eigenvalue weighted by Gasteiger charge is 2.21. The van der Waals surface area contributed by atoms with E-state index in [0.717, 1.165) is 31.2 Å². The first kappa shape index (κ1) is 18.8. The van der Waals surface area contributed by atoms with Gasteiger partial charge in [-0.1, -0.05) is 49.1 Å². The molecule has 2 N–H and O–H groups in total. The summed E-state index contributed by atoms with van der Waals surface area (Å²) in [5.74, 6) is -0.101. The number of anilines is 1. The van der Waals surface area contributed by atoms with E-state index < -0.39 is 0 Å². The molecule has 0 aromatic heterocycles. The van der Waals surface area contributed by atoms with E-state index in [2.05, 4.69) is 15.8 Å². The summed E-state index contributed by atoms with van der Waals surface area (Å²) in [5.41, 5.74) is 5.81. The van der Waals surface area contributed by atoms with Crippen LogP contribution in [0.4, 0.5) is 5.69 Å². The zero-order valence-electron chi connectivity index (χ0n) is 15.6. The maximum atomic E-state index is 12.3. The van der Waals surface area contributed by atoms with Crippen LogP contribution in [-0.2, 0) is 4.79 Å². The van der Waals surface area contributed by atoms with Gasteiger partial charge in [0.15, 0.2) is 0 Å². The predicted molar refractivity (Wildman–Crippen MR) is 108 cm³/mol. The third kappa shape index (κ3) is 5.51. The quantitative estimate of drug-likeness (QED) is 0.615. The van der Waals surface area contributed by atoms with Crippen LogP contribution in [0.5, 0.6) is 0 Å². The van der Waals surface area contributed by atoms with Gasteiger partial charge in [0.2, 0.25) is 5.91 Å². The van der Waals surface area contributed by atoms with E-state index in [1.54, 1.807) is 30.5 Å². The van der Waals surface area contributed by atoms with Crippen LogP contribution in [0.25, 0.3) is 0 Å². The van der Waals surface area contributed by atoms with Crippen molar-refractivity contribution in [2.45, 2.75) is 39.0 Å². The first-order valence-corrected chi connectivity index (χ1v) is 9.43. The van der Waals surface area contributed by atoms with Gasteiger partial charge in [-0.15, -0.1) is 0 Å². The summed E-state index contributed by atoms with van der Waals surface area (Å²) >= 11 is 0. The largest absolute Gasteiger partial charge is 0.326 e. The Balaban J connectivity index is 1.52. The van der Waals surface area contributed by atoms with Gasteiger partial charge in [0.1, 0.15) is 0 Å². The van der Waals surface area contributed by atoms with Crippen LogP contribution in [0.2, 0.25) is 0 Å². The monoisotopic (exact) mass is 363 g/mol. The standard InChI is InChI=1S/C22H25N3O2/c1-16-7-9-17(10-8-16)15-23-25-22(27)19-11-13-20(14-12-19)24-21(26)18-5-3-2-4-6-18/h7-15,18H,2-6H2,1H3,(H,24,26)(H,25,27). The molecule has 0 unspecified atom stereocenters. The molecule has 5 heteroatoms. The molecule has 1 fully saturated rings. The zero-order chi connectivity index (χ0) is 19.1. The molecule has 5 nitrogen and oxygen atoms in total. The fourth-order valence-electron chi connectivity index (χ4n) is 3.20. The number of carbonyl (C=O) groups excluding carboxylic acids is 2. The van der Waals surface area contributed by atoms with Crippen LogP contribution in [0.15, 0.2) is 53.6 Å². The molecule has 3 rings (SSSR count). The van der Waals surface area contributed by atoms with E-state index >= 15 is 0 Å². The molecule has 140 valence electrons. The summed E-state index contributed by atoms with van der Waals surface area (Å²) in [6.07, 6.45) is 7.01. The molecule has 0 spiro atoms. The highest BCUT2D eigenvalue weighted by atomic mass is 16.2. The Morgan fingerprint density at radius 1 is 0.963 bits per heavy atom. The van der Waals surface area contributed by atoms with Crippen molar-refractivity contribution in [3.63, 3.8) is 0 Å². The maximum Gasteiger partial charge on any atom is 0.271 e. The number of hydrogen-bond acceptors (Lipinski definition) is 3. The third-order valence-electron chi connectivity index (χ3n) is 4.85. The lowest BCUT2D eigenvalue weighted by molar-refractivity contribution is -0.120. The fourth-order valence-corrected chi connectivity index (χ4v) is 3.20. The highest BCUT2D eigenvalue weighted by Crippen LogP contribution is 2.25. The number of benzene rings is 2. The minimum Gasteiger partial charge on any atom is -0.326 e. The van der Waals surface area contributed by atoms with Gasteiger partial charge in [-0.2, -0.15) is 5.10 Å². The molecule has 0 radical (unpaired) electrons. The number of hydrazone groups is 1. The molecule has 0 heterocycles. The Hall–Kier alpha value is -2.95. The first-order chi connectivity index (χ1) is 13.1. The topological polar surface area (TPSA) is 70.6 Å². The van der Waals surface area contributed by atoms with Crippen molar-refractivity contribution in [2.75, 3.05) is 5.32 Å². The van der Waals surface area contributed by atoms with Gasteiger partial charge in [0.25, 0.3) is 5.91 Å². The lowest BCUT2D eigenvalue weighted by atomic mass is 9.88. The molecule has 0 saturated heterocycles. The second kappa shape index (κ2) is 9.12. The number of rotatable bonds is 5. The van der Waals surface area contributed by atoms with Crippen LogP contribution in [-0.4, -0.2) is 18.0 Å². The van der Waals surface area contributed by atoms with Gasteiger partial charge in [-0.05, 0) is 49.6 Å². The fraction of sp³-hybridized carbons (Fsp3) is 0.318. The summed E-state index contributed by atoms with van der Waals surface area (Å²) < 4.78 is 0. The van der Waals surface area contributed by atoms with Crippen molar-refractivity contribution in [3.05, 3.63) is 65.2 Å². The summed E-state index contributed by atoms with van der Waals surface area (Å²) in [5, 5.41) is 6.93. The van der Waals surface area contributed by atoms with Crippen LogP contribution in [0.1, 0.15) is 53.6 Å². The average Bonchev–Trinajstić information content (AvgIpc) is 2.70. The van der Waals surface area contributed by atoms with E-state index in [0.29, 0.717) is 11.3 Å². The van der Waals surface area contributed by atoms with Gasteiger partial charge in [0, 0.05) is 17.2 Å². The SMILES string of the molecule is Cc1ccc(C=NNC(=O)c2ccc(NC(=O)C3CCCCC3)cc2)cc1. The lowest BCUT2D eigenvalue weighted by Gasteiger charge is -2.20. The molecular weight excluding hydrogens is 338 g/mol. The Morgan fingerprint density at radius 3 is 2.30 bits per heavy atom. The molecule has 2 aromatic rings. The summed E-state index contributed by atoms with van der Waals surface area (Å²) in [6, 6.07) is 14.7. The van der Waals surface area contributed by atoms with E-state index in [4.69, 9.17) is 0 Å². The number of nitrogens with one attached hydrogen (secondary N) is 2. The smallest absolute Gasteiger partial charge is 0.271 e. The number of hydrogen-bond donors (Lipinski definition) is 2. The van der Waals surface area contributed by atoms with Gasteiger partial charge in [-0.3, -0.25) is 9.59 Å². The first-order valence-electron chi connectivity index (χ1n) is 9.43. The Bertz CT molecular complexity index is 804. The number of nitrogens with zero attached hydrogens (tertiary/aromatic N) is 1. The molecule has 0 atom stereocenters. The Labute approximate surface area is 159 Å². The second-order valence-electron chi connectivity index (χ2n) is 7.01. The Kier molecular flexibility index (Phi) is 6.36.